The molecule has 0 saturated heterocycles. The van der Waals surface area contributed by atoms with E-state index in [0.29, 0.717) is 11.2 Å². The molecule has 0 spiro atoms. The molecule has 0 fully saturated rings. The summed E-state index contributed by atoms with van der Waals surface area (Å²) in [5.41, 5.74) is 3.57. The Morgan fingerprint density at radius 2 is 1.94 bits per heavy atom. The molecule has 1 aliphatic carbocycles. The van der Waals surface area contributed by atoms with Crippen molar-refractivity contribution in [2.24, 2.45) is 0 Å². The Bertz CT molecular complexity index is 584. The van der Waals surface area contributed by atoms with Crippen LogP contribution in [0.3, 0.4) is 0 Å². The first-order valence-electron chi connectivity index (χ1n) is 5.87. The monoisotopic (exact) mass is 278 g/mol. The largest absolute Gasteiger partial charge is 0.379 e. The highest BCUT2D eigenvalue weighted by atomic mass is 35.5. The summed E-state index contributed by atoms with van der Waals surface area (Å²) in [6.45, 7) is 0. The molecule has 0 radical (unpaired) electrons. The van der Waals surface area contributed by atoms with Gasteiger partial charge in [0.1, 0.15) is 0 Å². The Morgan fingerprint density at radius 1 is 1.11 bits per heavy atom. The molecule has 2 nitrogen and oxygen atoms in total. The van der Waals surface area contributed by atoms with Crippen molar-refractivity contribution in [3.63, 3.8) is 0 Å². The fourth-order valence-corrected chi connectivity index (χ4v) is 2.77. The molecule has 1 atom stereocenters. The molecule has 1 aromatic carbocycles. The summed E-state index contributed by atoms with van der Waals surface area (Å²) in [5.74, 6) is 0. The van der Waals surface area contributed by atoms with E-state index in [1.54, 1.807) is 6.20 Å². The number of aromatic nitrogens is 1. The highest BCUT2D eigenvalue weighted by Crippen LogP contribution is 2.28. The molecule has 4 heteroatoms. The van der Waals surface area contributed by atoms with Gasteiger partial charge in [0.25, 0.3) is 0 Å². The van der Waals surface area contributed by atoms with Crippen LogP contribution in [0.25, 0.3) is 0 Å². The molecule has 1 heterocycles. The van der Waals surface area contributed by atoms with Crippen molar-refractivity contribution in [3.8, 4) is 0 Å². The van der Waals surface area contributed by atoms with E-state index in [1.165, 1.54) is 11.1 Å². The first-order valence-corrected chi connectivity index (χ1v) is 6.62. The lowest BCUT2D eigenvalue weighted by Gasteiger charge is -2.14. The first-order chi connectivity index (χ1) is 8.72. The van der Waals surface area contributed by atoms with Crippen LogP contribution in [0.4, 0.5) is 5.69 Å². The number of benzene rings is 1. The lowest BCUT2D eigenvalue weighted by molar-refractivity contribution is 0.773. The maximum atomic E-state index is 6.04. The van der Waals surface area contributed by atoms with Crippen LogP contribution in [0.15, 0.2) is 36.5 Å². The number of pyridine rings is 1. The van der Waals surface area contributed by atoms with Gasteiger partial charge in [-0.05, 0) is 48.2 Å². The van der Waals surface area contributed by atoms with Crippen molar-refractivity contribution >= 4 is 28.9 Å². The van der Waals surface area contributed by atoms with Crippen molar-refractivity contribution in [1.29, 1.82) is 0 Å². The zero-order valence-electron chi connectivity index (χ0n) is 9.66. The molecule has 1 aliphatic rings. The highest BCUT2D eigenvalue weighted by molar-refractivity contribution is 6.32. The summed E-state index contributed by atoms with van der Waals surface area (Å²) in [5, 5.41) is 4.76. The molecule has 1 unspecified atom stereocenters. The average molecular weight is 279 g/mol. The quantitative estimate of drug-likeness (QED) is 0.841. The zero-order chi connectivity index (χ0) is 12.5. The third-order valence-corrected chi connectivity index (χ3v) is 3.76. The number of anilines is 1. The van der Waals surface area contributed by atoms with Crippen molar-refractivity contribution in [2.45, 2.75) is 18.9 Å². The summed E-state index contributed by atoms with van der Waals surface area (Å²) in [7, 11) is 0. The van der Waals surface area contributed by atoms with Crippen LogP contribution in [-0.2, 0) is 12.8 Å². The normalized spacial score (nSPS) is 17.6. The topological polar surface area (TPSA) is 24.9 Å². The van der Waals surface area contributed by atoms with Crippen molar-refractivity contribution < 1.29 is 0 Å². The van der Waals surface area contributed by atoms with Crippen LogP contribution in [0, 0.1) is 0 Å². The Hall–Kier alpha value is -1.25. The molecule has 1 N–H and O–H groups in total. The van der Waals surface area contributed by atoms with E-state index < -0.39 is 0 Å². The van der Waals surface area contributed by atoms with E-state index >= 15 is 0 Å². The van der Waals surface area contributed by atoms with Crippen LogP contribution in [-0.4, -0.2) is 11.0 Å². The van der Waals surface area contributed by atoms with E-state index in [4.69, 9.17) is 23.2 Å². The molecular formula is C14H12Cl2N2. The third kappa shape index (κ3) is 2.31. The van der Waals surface area contributed by atoms with Crippen LogP contribution >= 0.6 is 23.2 Å². The van der Waals surface area contributed by atoms with Gasteiger partial charge in [0.05, 0.1) is 5.69 Å². The minimum Gasteiger partial charge on any atom is -0.379 e. The molecule has 0 amide bonds. The van der Waals surface area contributed by atoms with Crippen molar-refractivity contribution in [2.75, 3.05) is 5.32 Å². The lowest BCUT2D eigenvalue weighted by atomic mass is 10.1. The van der Waals surface area contributed by atoms with Gasteiger partial charge in [-0.15, -0.1) is 0 Å². The number of hydrogen-bond acceptors (Lipinski definition) is 2. The van der Waals surface area contributed by atoms with E-state index in [2.05, 4.69) is 16.4 Å². The molecule has 2 aromatic rings. The molecule has 0 saturated carbocycles. The Labute approximate surface area is 116 Å². The smallest absolute Gasteiger partial charge is 0.152 e. The predicted molar refractivity (Wildman–Crippen MR) is 75.5 cm³/mol. The first kappa shape index (κ1) is 11.8. The Kier molecular flexibility index (Phi) is 3.14. The van der Waals surface area contributed by atoms with Crippen LogP contribution < -0.4 is 5.32 Å². The zero-order valence-corrected chi connectivity index (χ0v) is 11.2. The van der Waals surface area contributed by atoms with Gasteiger partial charge in [-0.2, -0.15) is 0 Å². The number of halogens is 2. The summed E-state index contributed by atoms with van der Waals surface area (Å²) >= 11 is 12.0. The predicted octanol–water partition coefficient (Wildman–Crippen LogP) is 3.97. The van der Waals surface area contributed by atoms with E-state index in [0.717, 1.165) is 23.6 Å². The van der Waals surface area contributed by atoms with Gasteiger partial charge in [-0.1, -0.05) is 29.3 Å². The summed E-state index contributed by atoms with van der Waals surface area (Å²) in [4.78, 5) is 4.07. The molecule has 3 rings (SSSR count). The number of rotatable bonds is 2. The second kappa shape index (κ2) is 4.79. The van der Waals surface area contributed by atoms with E-state index in [1.807, 2.05) is 24.3 Å². The van der Waals surface area contributed by atoms with Gasteiger partial charge in [0.2, 0.25) is 0 Å². The van der Waals surface area contributed by atoms with Gasteiger partial charge >= 0.3 is 0 Å². The van der Waals surface area contributed by atoms with Gasteiger partial charge in [-0.3, -0.25) is 0 Å². The number of hydrogen-bond donors (Lipinski definition) is 1. The fraction of sp³-hybridized carbons (Fsp3) is 0.214. The minimum atomic E-state index is 0.361. The maximum absolute atomic E-state index is 6.04. The summed E-state index contributed by atoms with van der Waals surface area (Å²) in [6.07, 6.45) is 3.66. The average Bonchev–Trinajstić information content (AvgIpc) is 2.73. The number of nitrogens with one attached hydrogen (secondary N) is 1. The van der Waals surface area contributed by atoms with Crippen molar-refractivity contribution in [1.82, 2.24) is 4.98 Å². The molecule has 18 heavy (non-hydrogen) atoms. The van der Waals surface area contributed by atoms with Gasteiger partial charge in [0, 0.05) is 17.3 Å². The van der Waals surface area contributed by atoms with Gasteiger partial charge < -0.3 is 5.32 Å². The lowest BCUT2D eigenvalue weighted by Crippen LogP contribution is -2.19. The second-order valence-electron chi connectivity index (χ2n) is 4.50. The highest BCUT2D eigenvalue weighted by Gasteiger charge is 2.21. The second-order valence-corrected chi connectivity index (χ2v) is 5.30. The molecular weight excluding hydrogens is 267 g/mol. The number of nitrogens with zero attached hydrogens (tertiary/aromatic N) is 1. The Morgan fingerprint density at radius 3 is 2.78 bits per heavy atom. The fourth-order valence-electron chi connectivity index (χ4n) is 2.40. The SMILES string of the molecule is Clc1ccc2c(c1)CC(Nc1cccnc1Cl)C2. The molecule has 92 valence electrons. The standard InChI is InChI=1S/C14H12Cl2N2/c15-11-4-3-9-7-12(8-10(9)6-11)18-13-2-1-5-17-14(13)16/h1-6,12,18H,7-8H2. The van der Waals surface area contributed by atoms with E-state index in [-0.39, 0.29) is 0 Å². The molecule has 0 bridgehead atoms. The van der Waals surface area contributed by atoms with Gasteiger partial charge in [0.15, 0.2) is 5.15 Å². The van der Waals surface area contributed by atoms with Crippen LogP contribution in [0.2, 0.25) is 10.2 Å². The minimum absolute atomic E-state index is 0.361. The third-order valence-electron chi connectivity index (χ3n) is 3.22. The van der Waals surface area contributed by atoms with E-state index in [9.17, 15) is 0 Å². The molecule has 0 aliphatic heterocycles. The molecule has 1 aromatic heterocycles. The summed E-state index contributed by atoms with van der Waals surface area (Å²) < 4.78 is 0. The van der Waals surface area contributed by atoms with Crippen LogP contribution in [0.5, 0.6) is 0 Å². The van der Waals surface area contributed by atoms with Crippen molar-refractivity contribution in [3.05, 3.63) is 57.8 Å². The maximum Gasteiger partial charge on any atom is 0.152 e. The van der Waals surface area contributed by atoms with Crippen LogP contribution in [0.1, 0.15) is 11.1 Å². The summed E-state index contributed by atoms with van der Waals surface area (Å²) in [6, 6.07) is 10.3. The Balaban J connectivity index is 1.77. The number of fused-ring (bicyclic) bond motifs is 1. The van der Waals surface area contributed by atoms with Gasteiger partial charge in [-0.25, -0.2) is 4.98 Å².